The van der Waals surface area contributed by atoms with Gasteiger partial charge in [-0.3, -0.25) is 4.90 Å². The number of hydrogen-bond acceptors (Lipinski definition) is 3. The summed E-state index contributed by atoms with van der Waals surface area (Å²) in [5.74, 6) is 1.37. The van der Waals surface area contributed by atoms with E-state index in [1.807, 2.05) is 24.4 Å². The average Bonchev–Trinajstić information content (AvgIpc) is 3.23. The molecule has 4 rings (SSSR count). The van der Waals surface area contributed by atoms with Gasteiger partial charge in [0, 0.05) is 35.1 Å². The molecule has 1 fully saturated rings. The van der Waals surface area contributed by atoms with Crippen molar-refractivity contribution in [2.45, 2.75) is 18.5 Å². The Hall–Kier alpha value is -1.66. The third-order valence-corrected chi connectivity index (χ3v) is 5.30. The Kier molecular flexibility index (Phi) is 6.14. The minimum Gasteiger partial charge on any atom is -0.341 e. The van der Waals surface area contributed by atoms with Crippen molar-refractivity contribution in [2.24, 2.45) is 5.73 Å². The van der Waals surface area contributed by atoms with Crippen LogP contribution in [0.15, 0.2) is 65.3 Å². The first-order valence-corrected chi connectivity index (χ1v) is 9.31. The fourth-order valence-electron chi connectivity index (χ4n) is 3.55. The van der Waals surface area contributed by atoms with Crippen LogP contribution >= 0.6 is 28.3 Å². The molecule has 1 saturated heterocycles. The molecule has 0 aliphatic carbocycles. The third kappa shape index (κ3) is 4.18. The number of imidazole rings is 1. The molecule has 3 aromatic rings. The molecule has 0 unspecified atom stereocenters. The van der Waals surface area contributed by atoms with Crippen LogP contribution in [0.2, 0.25) is 0 Å². The van der Waals surface area contributed by atoms with Crippen LogP contribution in [0.3, 0.4) is 0 Å². The predicted molar refractivity (Wildman–Crippen MR) is 111 cm³/mol. The molecule has 136 valence electrons. The van der Waals surface area contributed by atoms with Gasteiger partial charge in [-0.05, 0) is 17.7 Å². The summed E-state index contributed by atoms with van der Waals surface area (Å²) in [5, 5.41) is 0. The van der Waals surface area contributed by atoms with Crippen LogP contribution in [0.4, 0.5) is 0 Å². The first-order chi connectivity index (χ1) is 12.2. The first-order valence-electron chi connectivity index (χ1n) is 8.52. The fraction of sp³-hybridized carbons (Fsp3) is 0.250. The van der Waals surface area contributed by atoms with Gasteiger partial charge in [0.05, 0.1) is 18.4 Å². The van der Waals surface area contributed by atoms with E-state index in [1.54, 1.807) is 0 Å². The van der Waals surface area contributed by atoms with Gasteiger partial charge < -0.3 is 10.7 Å². The maximum absolute atomic E-state index is 6.39. The number of H-pyrrole nitrogens is 1. The molecule has 0 spiro atoms. The summed E-state index contributed by atoms with van der Waals surface area (Å²) in [4.78, 5) is 10.4. The number of aromatic nitrogens is 2. The third-order valence-electron chi connectivity index (χ3n) is 4.81. The van der Waals surface area contributed by atoms with E-state index in [2.05, 4.69) is 67.2 Å². The van der Waals surface area contributed by atoms with Crippen LogP contribution in [0.5, 0.6) is 0 Å². The summed E-state index contributed by atoms with van der Waals surface area (Å²) in [5.41, 5.74) is 9.89. The number of aromatic amines is 1. The van der Waals surface area contributed by atoms with Crippen molar-refractivity contribution in [1.82, 2.24) is 14.9 Å². The number of nitrogens with one attached hydrogen (secondary N) is 1. The number of hydrogen-bond donors (Lipinski definition) is 2. The van der Waals surface area contributed by atoms with Gasteiger partial charge in [-0.25, -0.2) is 4.98 Å². The second kappa shape index (κ2) is 8.35. The quantitative estimate of drug-likeness (QED) is 0.649. The van der Waals surface area contributed by atoms with Crippen molar-refractivity contribution in [2.75, 3.05) is 13.1 Å². The van der Waals surface area contributed by atoms with Crippen molar-refractivity contribution in [3.8, 4) is 11.3 Å². The summed E-state index contributed by atoms with van der Waals surface area (Å²) < 4.78 is 1.07. The number of rotatable bonds is 4. The lowest BCUT2D eigenvalue weighted by atomic mass is 9.95. The number of nitrogens with two attached hydrogens (primary N) is 1. The lowest BCUT2D eigenvalue weighted by molar-refractivity contribution is 0.316. The second-order valence-electron chi connectivity index (χ2n) is 6.63. The van der Waals surface area contributed by atoms with E-state index in [4.69, 9.17) is 5.73 Å². The second-order valence-corrected chi connectivity index (χ2v) is 7.54. The van der Waals surface area contributed by atoms with Crippen LogP contribution in [-0.4, -0.2) is 34.0 Å². The summed E-state index contributed by atoms with van der Waals surface area (Å²) in [7, 11) is 0. The van der Waals surface area contributed by atoms with Gasteiger partial charge >= 0.3 is 0 Å². The Morgan fingerprint density at radius 2 is 1.92 bits per heavy atom. The van der Waals surface area contributed by atoms with Gasteiger partial charge in [-0.1, -0.05) is 58.4 Å². The minimum absolute atomic E-state index is 0. The van der Waals surface area contributed by atoms with Crippen molar-refractivity contribution in [1.29, 1.82) is 0 Å². The van der Waals surface area contributed by atoms with Gasteiger partial charge in [0.1, 0.15) is 5.82 Å². The van der Waals surface area contributed by atoms with E-state index in [-0.39, 0.29) is 18.4 Å². The molecule has 3 N–H and O–H groups in total. The van der Waals surface area contributed by atoms with E-state index in [1.165, 1.54) is 5.56 Å². The van der Waals surface area contributed by atoms with Crippen LogP contribution in [0, 0.1) is 0 Å². The van der Waals surface area contributed by atoms with Crippen LogP contribution < -0.4 is 5.73 Å². The average molecular weight is 434 g/mol. The molecule has 0 radical (unpaired) electrons. The van der Waals surface area contributed by atoms with E-state index in [9.17, 15) is 0 Å². The Labute approximate surface area is 168 Å². The molecule has 1 aliphatic heterocycles. The van der Waals surface area contributed by atoms with E-state index in [0.29, 0.717) is 5.92 Å². The highest BCUT2D eigenvalue weighted by molar-refractivity contribution is 9.10. The topological polar surface area (TPSA) is 57.9 Å². The molecule has 4 nitrogen and oxygen atoms in total. The van der Waals surface area contributed by atoms with Crippen molar-refractivity contribution < 1.29 is 0 Å². The molecule has 2 atom stereocenters. The zero-order chi connectivity index (χ0) is 17.2. The van der Waals surface area contributed by atoms with Gasteiger partial charge in [0.15, 0.2) is 0 Å². The smallest absolute Gasteiger partial charge is 0.120 e. The molecule has 0 amide bonds. The summed E-state index contributed by atoms with van der Waals surface area (Å²) >= 11 is 3.52. The number of halogens is 2. The van der Waals surface area contributed by atoms with Gasteiger partial charge in [-0.2, -0.15) is 0 Å². The highest BCUT2D eigenvalue weighted by atomic mass is 79.9. The molecule has 6 heteroatoms. The highest BCUT2D eigenvalue weighted by Crippen LogP contribution is 2.27. The van der Waals surface area contributed by atoms with Crippen LogP contribution in [0.25, 0.3) is 11.3 Å². The fourth-order valence-corrected chi connectivity index (χ4v) is 3.95. The summed E-state index contributed by atoms with van der Waals surface area (Å²) in [6.45, 7) is 2.66. The standard InChI is InChI=1S/C20H21BrN4.ClH/c21-16-8-4-7-15(9-16)19-10-23-20(24-19)13-25-11-17(18(22)12-25)14-5-2-1-3-6-14;/h1-10,17-18H,11-13,22H2,(H,23,24);1H/t17-,18+;/m0./s1. The van der Waals surface area contributed by atoms with Crippen LogP contribution in [0.1, 0.15) is 17.3 Å². The maximum atomic E-state index is 6.39. The molecule has 26 heavy (non-hydrogen) atoms. The Balaban J connectivity index is 0.00000196. The minimum atomic E-state index is 0. The van der Waals surface area contributed by atoms with Gasteiger partial charge in [0.2, 0.25) is 0 Å². The Bertz CT molecular complexity index is 852. The van der Waals surface area contributed by atoms with Crippen molar-refractivity contribution in [3.63, 3.8) is 0 Å². The largest absolute Gasteiger partial charge is 0.341 e. The molecule has 2 heterocycles. The molecule has 2 aromatic carbocycles. The monoisotopic (exact) mass is 432 g/mol. The van der Waals surface area contributed by atoms with Gasteiger partial charge in [0.25, 0.3) is 0 Å². The number of nitrogens with zero attached hydrogens (tertiary/aromatic N) is 2. The van der Waals surface area contributed by atoms with E-state index >= 15 is 0 Å². The maximum Gasteiger partial charge on any atom is 0.120 e. The Morgan fingerprint density at radius 3 is 2.69 bits per heavy atom. The molecule has 0 saturated carbocycles. The number of benzene rings is 2. The summed E-state index contributed by atoms with van der Waals surface area (Å²) in [6, 6.07) is 19.0. The van der Waals surface area contributed by atoms with Gasteiger partial charge in [-0.15, -0.1) is 12.4 Å². The van der Waals surface area contributed by atoms with E-state index in [0.717, 1.165) is 41.2 Å². The predicted octanol–water partition coefficient (Wildman–Crippen LogP) is 4.19. The summed E-state index contributed by atoms with van der Waals surface area (Å²) in [6.07, 6.45) is 1.90. The van der Waals surface area contributed by atoms with Crippen molar-refractivity contribution in [3.05, 3.63) is 76.7 Å². The highest BCUT2D eigenvalue weighted by Gasteiger charge is 2.31. The number of likely N-dealkylation sites (tertiary alicyclic amines) is 1. The molecule has 1 aromatic heterocycles. The van der Waals surface area contributed by atoms with Crippen molar-refractivity contribution >= 4 is 28.3 Å². The lowest BCUT2D eigenvalue weighted by Crippen LogP contribution is -2.28. The van der Waals surface area contributed by atoms with Crippen LogP contribution in [-0.2, 0) is 6.54 Å². The SMILES string of the molecule is Cl.N[C@@H]1CN(Cc2ncc(-c3cccc(Br)c3)[nH]2)C[C@H]1c1ccccc1. The molecule has 1 aliphatic rings. The van der Waals surface area contributed by atoms with E-state index < -0.39 is 0 Å². The normalized spacial score (nSPS) is 20.1. The molecule has 0 bridgehead atoms. The zero-order valence-electron chi connectivity index (χ0n) is 14.3. The zero-order valence-corrected chi connectivity index (χ0v) is 16.7. The molecular formula is C20H22BrClN4. The lowest BCUT2D eigenvalue weighted by Gasteiger charge is -2.15. The molecular weight excluding hydrogens is 412 g/mol. The Morgan fingerprint density at radius 1 is 1.12 bits per heavy atom. The first kappa shape index (κ1) is 19.1.